The summed E-state index contributed by atoms with van der Waals surface area (Å²) >= 11 is 0. The maximum Gasteiger partial charge on any atom is 0.330 e. The molecule has 0 saturated carbocycles. The third-order valence-corrected chi connectivity index (χ3v) is 5.10. The zero-order valence-corrected chi connectivity index (χ0v) is 16.4. The van der Waals surface area contributed by atoms with Crippen molar-refractivity contribution in [3.05, 3.63) is 74.9 Å². The first-order chi connectivity index (χ1) is 15.0. The van der Waals surface area contributed by atoms with Crippen LogP contribution in [0.25, 0.3) is 22.3 Å². The zero-order chi connectivity index (χ0) is 21.5. The summed E-state index contributed by atoms with van der Waals surface area (Å²) in [6.45, 7) is 0.304. The maximum absolute atomic E-state index is 12.6. The summed E-state index contributed by atoms with van der Waals surface area (Å²) in [7, 11) is 1.52. The highest BCUT2D eigenvalue weighted by Crippen LogP contribution is 2.33. The number of aromatic amines is 1. The molecule has 0 saturated heterocycles. The summed E-state index contributed by atoms with van der Waals surface area (Å²) in [4.78, 5) is 31.9. The standard InChI is InChI=1S/C22H17N3O6/c1-29-13-3-6-17(26)15(9-13)16-5-4-14-20(23-16)25(22(28)24-21(14)27)10-12-2-7-18-19(8-12)31-11-30-18/h2-9,26H,10-11H2,1H3,(H,24,27,28). The van der Waals surface area contributed by atoms with Gasteiger partial charge in [0.15, 0.2) is 17.1 Å². The Bertz CT molecular complexity index is 1440. The first kappa shape index (κ1) is 18.7. The van der Waals surface area contributed by atoms with Crippen molar-refractivity contribution in [3.63, 3.8) is 0 Å². The number of rotatable bonds is 4. The van der Waals surface area contributed by atoms with Crippen molar-refractivity contribution in [2.75, 3.05) is 13.9 Å². The fraction of sp³-hybridized carbons (Fsp3) is 0.136. The predicted molar refractivity (Wildman–Crippen MR) is 112 cm³/mol. The van der Waals surface area contributed by atoms with Crippen LogP contribution >= 0.6 is 0 Å². The molecule has 0 radical (unpaired) electrons. The van der Waals surface area contributed by atoms with Gasteiger partial charge < -0.3 is 19.3 Å². The highest BCUT2D eigenvalue weighted by atomic mass is 16.7. The molecule has 9 nitrogen and oxygen atoms in total. The van der Waals surface area contributed by atoms with Crippen LogP contribution in [0.3, 0.4) is 0 Å². The number of aromatic nitrogens is 3. The SMILES string of the molecule is COc1ccc(O)c(-c2ccc3c(=O)[nH]c(=O)n(Cc4ccc5c(c4)OCO5)c3n2)c1. The molecule has 9 heteroatoms. The quantitative estimate of drug-likeness (QED) is 0.521. The Morgan fingerprint density at radius 3 is 2.77 bits per heavy atom. The lowest BCUT2D eigenvalue weighted by atomic mass is 10.1. The molecule has 1 aliphatic heterocycles. The molecule has 156 valence electrons. The highest BCUT2D eigenvalue weighted by molar-refractivity contribution is 5.79. The molecule has 0 atom stereocenters. The molecule has 0 fully saturated rings. The molecule has 0 aliphatic carbocycles. The molecule has 31 heavy (non-hydrogen) atoms. The van der Waals surface area contributed by atoms with Gasteiger partial charge in [0.25, 0.3) is 5.56 Å². The summed E-state index contributed by atoms with van der Waals surface area (Å²) in [6.07, 6.45) is 0. The number of methoxy groups -OCH3 is 1. The smallest absolute Gasteiger partial charge is 0.330 e. The van der Waals surface area contributed by atoms with Crippen LogP contribution in [0.2, 0.25) is 0 Å². The summed E-state index contributed by atoms with van der Waals surface area (Å²) in [5.74, 6) is 1.77. The second kappa shape index (κ2) is 7.21. The number of nitrogens with one attached hydrogen (secondary N) is 1. The number of H-pyrrole nitrogens is 1. The van der Waals surface area contributed by atoms with Crippen molar-refractivity contribution in [2.24, 2.45) is 0 Å². The van der Waals surface area contributed by atoms with Crippen molar-refractivity contribution in [1.82, 2.24) is 14.5 Å². The molecular weight excluding hydrogens is 402 g/mol. The molecule has 0 spiro atoms. The van der Waals surface area contributed by atoms with Crippen molar-refractivity contribution >= 4 is 11.0 Å². The minimum absolute atomic E-state index is 0.00200. The lowest BCUT2D eigenvalue weighted by molar-refractivity contribution is 0.174. The number of fused-ring (bicyclic) bond motifs is 2. The van der Waals surface area contributed by atoms with Crippen molar-refractivity contribution < 1.29 is 19.3 Å². The third-order valence-electron chi connectivity index (χ3n) is 5.10. The van der Waals surface area contributed by atoms with Gasteiger partial charge in [-0.3, -0.25) is 14.3 Å². The Kier molecular flexibility index (Phi) is 4.36. The van der Waals surface area contributed by atoms with Crippen LogP contribution in [0.15, 0.2) is 58.1 Å². The van der Waals surface area contributed by atoms with E-state index in [-0.39, 0.29) is 30.1 Å². The van der Waals surface area contributed by atoms with Crippen LogP contribution in [0.4, 0.5) is 0 Å². The summed E-state index contributed by atoms with van der Waals surface area (Å²) in [6, 6.07) is 13.3. The Balaban J connectivity index is 1.67. The Morgan fingerprint density at radius 1 is 1.10 bits per heavy atom. The Labute approximate surface area is 175 Å². The van der Waals surface area contributed by atoms with Gasteiger partial charge in [-0.05, 0) is 48.0 Å². The van der Waals surface area contributed by atoms with Crippen LogP contribution in [0, 0.1) is 0 Å². The molecule has 3 heterocycles. The number of phenols is 1. The van der Waals surface area contributed by atoms with E-state index in [9.17, 15) is 14.7 Å². The molecule has 2 aromatic carbocycles. The minimum atomic E-state index is -0.588. The van der Waals surface area contributed by atoms with E-state index >= 15 is 0 Å². The predicted octanol–water partition coefficient (Wildman–Crippen LogP) is 2.24. The van der Waals surface area contributed by atoms with Gasteiger partial charge in [-0.2, -0.15) is 0 Å². The Morgan fingerprint density at radius 2 is 1.94 bits per heavy atom. The molecule has 0 bridgehead atoms. The summed E-state index contributed by atoms with van der Waals surface area (Å²) < 4.78 is 17.3. The normalized spacial score (nSPS) is 12.3. The van der Waals surface area contributed by atoms with Gasteiger partial charge in [-0.25, -0.2) is 9.78 Å². The maximum atomic E-state index is 12.6. The van der Waals surface area contributed by atoms with Gasteiger partial charge in [0.2, 0.25) is 6.79 Å². The average molecular weight is 419 g/mol. The van der Waals surface area contributed by atoms with E-state index in [2.05, 4.69) is 9.97 Å². The van der Waals surface area contributed by atoms with Crippen LogP contribution in [-0.4, -0.2) is 33.5 Å². The number of hydrogen-bond donors (Lipinski definition) is 2. The van der Waals surface area contributed by atoms with Crippen molar-refractivity contribution in [3.8, 4) is 34.3 Å². The molecular formula is C22H17N3O6. The second-order valence-corrected chi connectivity index (χ2v) is 6.98. The molecule has 5 rings (SSSR count). The van der Waals surface area contributed by atoms with Gasteiger partial charge >= 0.3 is 5.69 Å². The number of phenolic OH excluding ortho intramolecular Hbond substituents is 1. The van der Waals surface area contributed by atoms with Crippen LogP contribution in [-0.2, 0) is 6.54 Å². The number of pyridine rings is 1. The largest absolute Gasteiger partial charge is 0.507 e. The first-order valence-electron chi connectivity index (χ1n) is 9.43. The fourth-order valence-corrected chi connectivity index (χ4v) is 3.53. The molecule has 0 unspecified atom stereocenters. The van der Waals surface area contributed by atoms with Gasteiger partial charge in [0, 0.05) is 5.56 Å². The third kappa shape index (κ3) is 3.25. The van der Waals surface area contributed by atoms with E-state index in [1.165, 1.54) is 17.7 Å². The number of nitrogens with zero attached hydrogens (tertiary/aromatic N) is 2. The van der Waals surface area contributed by atoms with Crippen LogP contribution in [0.1, 0.15) is 5.56 Å². The van der Waals surface area contributed by atoms with Crippen molar-refractivity contribution in [1.29, 1.82) is 0 Å². The average Bonchev–Trinajstić information content (AvgIpc) is 3.24. The van der Waals surface area contributed by atoms with Gasteiger partial charge in [0.05, 0.1) is 24.7 Å². The number of benzene rings is 2. The second-order valence-electron chi connectivity index (χ2n) is 6.98. The number of hydrogen-bond acceptors (Lipinski definition) is 7. The van der Waals surface area contributed by atoms with E-state index in [0.717, 1.165) is 5.56 Å². The monoisotopic (exact) mass is 419 g/mol. The molecule has 2 N–H and O–H groups in total. The lowest BCUT2D eigenvalue weighted by Crippen LogP contribution is -2.31. The molecule has 1 aliphatic rings. The Hall–Kier alpha value is -4.27. The van der Waals surface area contributed by atoms with Gasteiger partial charge in [-0.1, -0.05) is 6.07 Å². The minimum Gasteiger partial charge on any atom is -0.507 e. The number of aromatic hydroxyl groups is 1. The highest BCUT2D eigenvalue weighted by Gasteiger charge is 2.16. The van der Waals surface area contributed by atoms with Crippen LogP contribution < -0.4 is 25.5 Å². The lowest BCUT2D eigenvalue weighted by Gasteiger charge is -2.12. The molecule has 4 aromatic rings. The molecule has 2 aromatic heterocycles. The van der Waals surface area contributed by atoms with E-state index in [1.54, 1.807) is 36.4 Å². The first-order valence-corrected chi connectivity index (χ1v) is 9.43. The van der Waals surface area contributed by atoms with E-state index in [1.807, 2.05) is 6.07 Å². The van der Waals surface area contributed by atoms with E-state index < -0.39 is 11.2 Å². The van der Waals surface area contributed by atoms with Gasteiger partial charge in [0.1, 0.15) is 11.5 Å². The summed E-state index contributed by atoms with van der Waals surface area (Å²) in [5.41, 5.74) is 0.671. The summed E-state index contributed by atoms with van der Waals surface area (Å²) in [5, 5.41) is 10.6. The van der Waals surface area contributed by atoms with E-state index in [4.69, 9.17) is 14.2 Å². The topological polar surface area (TPSA) is 116 Å². The van der Waals surface area contributed by atoms with Gasteiger partial charge in [-0.15, -0.1) is 0 Å². The van der Waals surface area contributed by atoms with Crippen molar-refractivity contribution in [2.45, 2.75) is 6.54 Å². The number of ether oxygens (including phenoxy) is 3. The zero-order valence-electron chi connectivity index (χ0n) is 16.4. The van der Waals surface area contributed by atoms with E-state index in [0.29, 0.717) is 28.5 Å². The fourth-order valence-electron chi connectivity index (χ4n) is 3.53. The van der Waals surface area contributed by atoms with Crippen LogP contribution in [0.5, 0.6) is 23.0 Å². The molecule has 0 amide bonds.